The van der Waals surface area contributed by atoms with Crippen molar-refractivity contribution in [3.05, 3.63) is 30.1 Å². The average Bonchev–Trinajstić information content (AvgIpc) is 2.97. The summed E-state index contributed by atoms with van der Waals surface area (Å²) < 4.78 is 5.89. The Kier molecular flexibility index (Phi) is 4.71. The molecular formula is C16H24N4O2. The largest absolute Gasteiger partial charge is 0.373 e. The molecule has 6 heteroatoms. The third kappa shape index (κ3) is 3.29. The summed E-state index contributed by atoms with van der Waals surface area (Å²) in [5, 5.41) is 0. The number of ether oxygens (including phenoxy) is 1. The molecule has 0 N–H and O–H groups in total. The van der Waals surface area contributed by atoms with Crippen molar-refractivity contribution < 1.29 is 9.53 Å². The average molecular weight is 304 g/mol. The number of hydrogen-bond acceptors (Lipinski definition) is 5. The van der Waals surface area contributed by atoms with Crippen LogP contribution in [0.1, 0.15) is 10.4 Å². The lowest BCUT2D eigenvalue weighted by molar-refractivity contribution is -0.0482. The molecule has 3 rings (SSSR count). The number of nitrogens with zero attached hydrogens (tertiary/aromatic N) is 4. The lowest BCUT2D eigenvalue weighted by Gasteiger charge is -2.37. The summed E-state index contributed by atoms with van der Waals surface area (Å²) in [5.41, 5.74) is 0.702. The van der Waals surface area contributed by atoms with Crippen LogP contribution < -0.4 is 0 Å². The van der Waals surface area contributed by atoms with E-state index in [0.717, 1.165) is 32.8 Å². The SMILES string of the molecule is CN(C)CCN1CCO[C@@H]2CN(C(=O)c3ccncc3)C[C@@H]21. The van der Waals surface area contributed by atoms with Crippen LogP contribution in [0.2, 0.25) is 0 Å². The minimum Gasteiger partial charge on any atom is -0.373 e. The summed E-state index contributed by atoms with van der Waals surface area (Å²) in [6, 6.07) is 3.86. The number of likely N-dealkylation sites (N-methyl/N-ethyl adjacent to an activating group) is 1. The van der Waals surface area contributed by atoms with Crippen LogP contribution in [0.4, 0.5) is 0 Å². The molecule has 2 aliphatic rings. The molecule has 0 saturated carbocycles. The van der Waals surface area contributed by atoms with Crippen molar-refractivity contribution >= 4 is 5.91 Å². The van der Waals surface area contributed by atoms with E-state index in [9.17, 15) is 4.79 Å². The lowest BCUT2D eigenvalue weighted by Crippen LogP contribution is -2.52. The van der Waals surface area contributed by atoms with Crippen molar-refractivity contribution in [2.24, 2.45) is 0 Å². The highest BCUT2D eigenvalue weighted by Crippen LogP contribution is 2.24. The molecule has 0 unspecified atom stereocenters. The van der Waals surface area contributed by atoms with E-state index < -0.39 is 0 Å². The third-order valence-corrected chi connectivity index (χ3v) is 4.47. The van der Waals surface area contributed by atoms with Gasteiger partial charge in [0.2, 0.25) is 0 Å². The number of aromatic nitrogens is 1. The van der Waals surface area contributed by atoms with E-state index in [1.165, 1.54) is 0 Å². The molecule has 1 aromatic rings. The Bertz CT molecular complexity index is 508. The zero-order chi connectivity index (χ0) is 15.5. The van der Waals surface area contributed by atoms with Gasteiger partial charge in [-0.25, -0.2) is 0 Å². The first-order valence-corrected chi connectivity index (χ1v) is 7.85. The predicted octanol–water partition coefficient (Wildman–Crippen LogP) is 0.168. The molecule has 0 bridgehead atoms. The van der Waals surface area contributed by atoms with Gasteiger partial charge in [-0.15, -0.1) is 0 Å². The number of rotatable bonds is 4. The van der Waals surface area contributed by atoms with E-state index >= 15 is 0 Å². The monoisotopic (exact) mass is 304 g/mol. The fourth-order valence-electron chi connectivity index (χ4n) is 3.21. The van der Waals surface area contributed by atoms with Crippen LogP contribution in [-0.2, 0) is 4.74 Å². The number of carbonyl (C=O) groups excluding carboxylic acids is 1. The maximum atomic E-state index is 12.6. The van der Waals surface area contributed by atoms with Gasteiger partial charge in [0.25, 0.3) is 5.91 Å². The third-order valence-electron chi connectivity index (χ3n) is 4.47. The zero-order valence-corrected chi connectivity index (χ0v) is 13.3. The van der Waals surface area contributed by atoms with Crippen LogP contribution in [0.25, 0.3) is 0 Å². The number of pyridine rings is 1. The fourth-order valence-corrected chi connectivity index (χ4v) is 3.21. The van der Waals surface area contributed by atoms with Gasteiger partial charge in [-0.1, -0.05) is 0 Å². The van der Waals surface area contributed by atoms with Gasteiger partial charge >= 0.3 is 0 Å². The Balaban J connectivity index is 1.65. The Morgan fingerprint density at radius 1 is 1.36 bits per heavy atom. The van der Waals surface area contributed by atoms with Gasteiger partial charge in [-0.05, 0) is 26.2 Å². The molecule has 0 aromatic carbocycles. The van der Waals surface area contributed by atoms with Crippen molar-refractivity contribution in [1.29, 1.82) is 0 Å². The molecule has 1 amide bonds. The highest BCUT2D eigenvalue weighted by Gasteiger charge is 2.41. The summed E-state index contributed by atoms with van der Waals surface area (Å²) in [5.74, 6) is 0.0768. The van der Waals surface area contributed by atoms with Gasteiger partial charge < -0.3 is 14.5 Å². The smallest absolute Gasteiger partial charge is 0.254 e. The molecule has 2 aliphatic heterocycles. The van der Waals surface area contributed by atoms with Crippen LogP contribution in [0, 0.1) is 0 Å². The number of carbonyl (C=O) groups is 1. The first kappa shape index (κ1) is 15.4. The van der Waals surface area contributed by atoms with Crippen molar-refractivity contribution in [1.82, 2.24) is 19.7 Å². The lowest BCUT2D eigenvalue weighted by atomic mass is 10.1. The summed E-state index contributed by atoms with van der Waals surface area (Å²) in [7, 11) is 4.18. The van der Waals surface area contributed by atoms with Gasteiger partial charge in [-0.2, -0.15) is 0 Å². The second-order valence-corrected chi connectivity index (χ2v) is 6.26. The van der Waals surface area contributed by atoms with Crippen LogP contribution in [0.3, 0.4) is 0 Å². The number of likely N-dealkylation sites (tertiary alicyclic amines) is 1. The zero-order valence-electron chi connectivity index (χ0n) is 13.3. The van der Waals surface area contributed by atoms with Crippen molar-refractivity contribution in [3.63, 3.8) is 0 Å². The number of amides is 1. The maximum Gasteiger partial charge on any atom is 0.254 e. The minimum absolute atomic E-state index is 0.0768. The Hall–Kier alpha value is -1.50. The standard InChI is InChI=1S/C16H24N4O2/c1-18(2)7-8-19-9-10-22-15-12-20(11-14(15)19)16(21)13-3-5-17-6-4-13/h3-6,14-15H,7-12H2,1-2H3/t14-,15+/m0/s1. The van der Waals surface area contributed by atoms with E-state index in [0.29, 0.717) is 18.2 Å². The fraction of sp³-hybridized carbons (Fsp3) is 0.625. The number of hydrogen-bond donors (Lipinski definition) is 0. The maximum absolute atomic E-state index is 12.6. The highest BCUT2D eigenvalue weighted by atomic mass is 16.5. The molecule has 2 atom stereocenters. The van der Waals surface area contributed by atoms with Crippen LogP contribution in [0.15, 0.2) is 24.5 Å². The van der Waals surface area contributed by atoms with E-state index in [4.69, 9.17) is 4.74 Å². The number of fused-ring (bicyclic) bond motifs is 1. The number of morpholine rings is 1. The predicted molar refractivity (Wildman–Crippen MR) is 83.8 cm³/mol. The van der Waals surface area contributed by atoms with Gasteiger partial charge in [0, 0.05) is 50.7 Å². The Morgan fingerprint density at radius 3 is 2.86 bits per heavy atom. The Morgan fingerprint density at radius 2 is 2.14 bits per heavy atom. The molecule has 0 aliphatic carbocycles. The molecule has 1 aromatic heterocycles. The molecule has 120 valence electrons. The van der Waals surface area contributed by atoms with E-state index in [1.54, 1.807) is 24.5 Å². The van der Waals surface area contributed by atoms with E-state index in [1.807, 2.05) is 4.90 Å². The summed E-state index contributed by atoms with van der Waals surface area (Å²) >= 11 is 0. The molecule has 22 heavy (non-hydrogen) atoms. The summed E-state index contributed by atoms with van der Waals surface area (Å²) in [4.78, 5) is 23.1. The summed E-state index contributed by atoms with van der Waals surface area (Å²) in [6.45, 7) is 5.19. The second-order valence-electron chi connectivity index (χ2n) is 6.26. The molecule has 2 fully saturated rings. The van der Waals surface area contributed by atoms with Crippen molar-refractivity contribution in [3.8, 4) is 0 Å². The molecule has 6 nitrogen and oxygen atoms in total. The van der Waals surface area contributed by atoms with Crippen molar-refractivity contribution in [2.45, 2.75) is 12.1 Å². The van der Waals surface area contributed by atoms with E-state index in [2.05, 4.69) is 28.9 Å². The molecule has 0 radical (unpaired) electrons. The van der Waals surface area contributed by atoms with E-state index in [-0.39, 0.29) is 12.0 Å². The minimum atomic E-state index is 0.0768. The second kappa shape index (κ2) is 6.73. The molecule has 0 spiro atoms. The topological polar surface area (TPSA) is 48.9 Å². The van der Waals surface area contributed by atoms with Crippen LogP contribution in [-0.4, -0.2) is 91.2 Å². The van der Waals surface area contributed by atoms with Gasteiger partial charge in [-0.3, -0.25) is 14.7 Å². The van der Waals surface area contributed by atoms with Crippen molar-refractivity contribution in [2.75, 3.05) is 53.4 Å². The van der Waals surface area contributed by atoms with Gasteiger partial charge in [0.1, 0.15) is 0 Å². The quantitative estimate of drug-likeness (QED) is 0.793. The first-order valence-electron chi connectivity index (χ1n) is 7.85. The normalized spacial score (nSPS) is 25.5. The van der Waals surface area contributed by atoms with Crippen LogP contribution >= 0.6 is 0 Å². The van der Waals surface area contributed by atoms with Gasteiger partial charge in [0.15, 0.2) is 0 Å². The summed E-state index contributed by atoms with van der Waals surface area (Å²) in [6.07, 6.45) is 3.47. The molecular weight excluding hydrogens is 280 g/mol. The molecule has 3 heterocycles. The molecule has 2 saturated heterocycles. The van der Waals surface area contributed by atoms with Gasteiger partial charge in [0.05, 0.1) is 18.8 Å². The Labute approximate surface area is 131 Å². The van der Waals surface area contributed by atoms with Crippen LogP contribution in [0.5, 0.6) is 0 Å². The highest BCUT2D eigenvalue weighted by molar-refractivity contribution is 5.94. The first-order chi connectivity index (χ1) is 10.6.